The summed E-state index contributed by atoms with van der Waals surface area (Å²) in [4.78, 5) is 23.8. The number of likely N-dealkylation sites (tertiary alicyclic amines) is 1. The lowest BCUT2D eigenvalue weighted by Crippen LogP contribution is -2.38. The Morgan fingerprint density at radius 3 is 3.08 bits per heavy atom. The molecule has 1 atom stereocenters. The number of rotatable bonds is 4. The van der Waals surface area contributed by atoms with Crippen molar-refractivity contribution in [3.8, 4) is 0 Å². The van der Waals surface area contributed by atoms with Crippen molar-refractivity contribution < 1.29 is 9.21 Å². The monoisotopic (exact) mass is 387 g/mol. The number of amides is 1. The number of aromatic nitrogens is 2. The molecular weight excluding hydrogens is 370 g/mol. The van der Waals surface area contributed by atoms with Crippen molar-refractivity contribution in [2.45, 2.75) is 31.7 Å². The number of oxazole rings is 1. The van der Waals surface area contributed by atoms with Gasteiger partial charge in [0.05, 0.1) is 17.9 Å². The number of carbonyl (C=O) groups excluding carboxylic acids is 1. The molecule has 0 unspecified atom stereocenters. The van der Waals surface area contributed by atoms with Crippen LogP contribution in [0.3, 0.4) is 0 Å². The molecule has 1 amide bonds. The van der Waals surface area contributed by atoms with Crippen molar-refractivity contribution in [2.24, 2.45) is 0 Å². The summed E-state index contributed by atoms with van der Waals surface area (Å²) in [7, 11) is 0. The van der Waals surface area contributed by atoms with E-state index >= 15 is 0 Å². The maximum Gasteiger partial charge on any atom is 0.266 e. The number of thiazole rings is 1. The van der Waals surface area contributed by atoms with Crippen LogP contribution >= 0.6 is 22.9 Å². The smallest absolute Gasteiger partial charge is 0.266 e. The number of hydrogen-bond acceptors (Lipinski definition) is 5. The second-order valence-corrected chi connectivity index (χ2v) is 7.67. The molecule has 4 rings (SSSR count). The Kier molecular flexibility index (Phi) is 5.04. The molecule has 2 aromatic heterocycles. The van der Waals surface area contributed by atoms with Crippen molar-refractivity contribution >= 4 is 28.8 Å². The topological polar surface area (TPSA) is 59.2 Å². The van der Waals surface area contributed by atoms with Crippen molar-refractivity contribution in [3.63, 3.8) is 0 Å². The summed E-state index contributed by atoms with van der Waals surface area (Å²) >= 11 is 7.41. The first-order valence-electron chi connectivity index (χ1n) is 8.59. The highest BCUT2D eigenvalue weighted by atomic mass is 35.5. The van der Waals surface area contributed by atoms with Crippen LogP contribution in [0.25, 0.3) is 0 Å². The zero-order valence-electron chi connectivity index (χ0n) is 14.1. The van der Waals surface area contributed by atoms with Gasteiger partial charge in [-0.1, -0.05) is 23.7 Å². The Balaban J connectivity index is 1.54. The summed E-state index contributed by atoms with van der Waals surface area (Å²) in [5.74, 6) is 1.39. The van der Waals surface area contributed by atoms with E-state index < -0.39 is 0 Å². The molecule has 3 aromatic rings. The van der Waals surface area contributed by atoms with Gasteiger partial charge in [-0.3, -0.25) is 9.78 Å². The van der Waals surface area contributed by atoms with E-state index in [-0.39, 0.29) is 11.9 Å². The second-order valence-electron chi connectivity index (χ2n) is 6.35. The molecule has 0 N–H and O–H groups in total. The fraction of sp³-hybridized carbons (Fsp3) is 0.316. The molecule has 0 bridgehead atoms. The predicted molar refractivity (Wildman–Crippen MR) is 101 cm³/mol. The molecule has 0 aliphatic carbocycles. The lowest BCUT2D eigenvalue weighted by atomic mass is 10.0. The molecule has 1 aliphatic rings. The number of piperidine rings is 1. The van der Waals surface area contributed by atoms with Gasteiger partial charge >= 0.3 is 0 Å². The standard InChI is InChI=1S/C19H18ClN3O2S/c20-14-5-3-4-13(8-14)9-15-10-22-18(25-15)16-6-1-2-7-23(16)19(24)17-11-21-12-26-17/h3-5,8,10-12,16H,1-2,6-7,9H2/t16-/m0/s1. The van der Waals surface area contributed by atoms with Gasteiger partial charge in [-0.2, -0.15) is 0 Å². The molecular formula is C19H18ClN3O2S. The van der Waals surface area contributed by atoms with Gasteiger partial charge in [-0.05, 0) is 37.0 Å². The van der Waals surface area contributed by atoms with Crippen molar-refractivity contribution in [2.75, 3.05) is 6.54 Å². The van der Waals surface area contributed by atoms with Crippen LogP contribution < -0.4 is 0 Å². The number of nitrogens with zero attached hydrogens (tertiary/aromatic N) is 3. The van der Waals surface area contributed by atoms with Crippen LogP contribution in [-0.4, -0.2) is 27.3 Å². The average Bonchev–Trinajstić information content (AvgIpc) is 3.33. The van der Waals surface area contributed by atoms with Gasteiger partial charge in [0.15, 0.2) is 0 Å². The minimum Gasteiger partial charge on any atom is -0.443 e. The number of benzene rings is 1. The van der Waals surface area contributed by atoms with Gasteiger partial charge in [0.2, 0.25) is 5.89 Å². The summed E-state index contributed by atoms with van der Waals surface area (Å²) < 4.78 is 6.00. The average molecular weight is 388 g/mol. The molecule has 5 nitrogen and oxygen atoms in total. The molecule has 1 saturated heterocycles. The molecule has 0 spiro atoms. The Hall–Kier alpha value is -2.18. The molecule has 7 heteroatoms. The number of halogens is 1. The maximum absolute atomic E-state index is 12.8. The van der Waals surface area contributed by atoms with Crippen molar-refractivity contribution in [3.05, 3.63) is 69.3 Å². The fourth-order valence-electron chi connectivity index (χ4n) is 3.30. The Morgan fingerprint density at radius 2 is 2.27 bits per heavy atom. The van der Waals surface area contributed by atoms with Crippen LogP contribution in [0, 0.1) is 0 Å². The third kappa shape index (κ3) is 3.66. The highest BCUT2D eigenvalue weighted by molar-refractivity contribution is 7.11. The van der Waals surface area contributed by atoms with E-state index in [9.17, 15) is 4.79 Å². The lowest BCUT2D eigenvalue weighted by molar-refractivity contribution is 0.0575. The van der Waals surface area contributed by atoms with Crippen LogP contribution in [0.15, 0.2) is 46.6 Å². The first-order valence-corrected chi connectivity index (χ1v) is 9.85. The normalized spacial score (nSPS) is 17.4. The van der Waals surface area contributed by atoms with E-state index in [1.807, 2.05) is 29.2 Å². The van der Waals surface area contributed by atoms with E-state index in [2.05, 4.69) is 9.97 Å². The zero-order valence-corrected chi connectivity index (χ0v) is 15.7. The van der Waals surface area contributed by atoms with Crippen molar-refractivity contribution in [1.29, 1.82) is 0 Å². The first kappa shape index (κ1) is 17.2. The molecule has 134 valence electrons. The Bertz CT molecular complexity index is 894. The van der Waals surface area contributed by atoms with Gasteiger partial charge in [0, 0.05) is 18.0 Å². The third-order valence-corrected chi connectivity index (χ3v) is 5.53. The molecule has 0 radical (unpaired) electrons. The quantitative estimate of drug-likeness (QED) is 0.648. The summed E-state index contributed by atoms with van der Waals surface area (Å²) in [6.07, 6.45) is 6.92. The van der Waals surface area contributed by atoms with E-state index in [1.54, 1.807) is 17.9 Å². The molecule has 3 heterocycles. The lowest BCUT2D eigenvalue weighted by Gasteiger charge is -2.33. The summed E-state index contributed by atoms with van der Waals surface area (Å²) in [5, 5.41) is 0.704. The van der Waals surface area contributed by atoms with Crippen LogP contribution in [0.1, 0.15) is 52.2 Å². The highest BCUT2D eigenvalue weighted by Crippen LogP contribution is 2.32. The van der Waals surface area contributed by atoms with Crippen LogP contribution in [0.5, 0.6) is 0 Å². The Labute approximate surface area is 160 Å². The molecule has 1 aliphatic heterocycles. The van der Waals surface area contributed by atoms with Crippen LogP contribution in [0.4, 0.5) is 0 Å². The minimum atomic E-state index is -0.119. The van der Waals surface area contributed by atoms with Crippen LogP contribution in [-0.2, 0) is 6.42 Å². The summed E-state index contributed by atoms with van der Waals surface area (Å²) in [6.45, 7) is 0.716. The summed E-state index contributed by atoms with van der Waals surface area (Å²) in [6, 6.07) is 7.58. The van der Waals surface area contributed by atoms with E-state index in [0.29, 0.717) is 28.8 Å². The molecule has 26 heavy (non-hydrogen) atoms. The zero-order chi connectivity index (χ0) is 17.9. The largest absolute Gasteiger partial charge is 0.443 e. The minimum absolute atomic E-state index is 0.00629. The van der Waals surface area contributed by atoms with E-state index in [1.165, 1.54) is 11.3 Å². The van der Waals surface area contributed by atoms with Crippen molar-refractivity contribution in [1.82, 2.24) is 14.9 Å². The fourth-order valence-corrected chi connectivity index (χ4v) is 4.09. The number of carbonyl (C=O) groups is 1. The molecule has 1 fully saturated rings. The van der Waals surface area contributed by atoms with E-state index in [4.69, 9.17) is 16.0 Å². The molecule has 1 aromatic carbocycles. The predicted octanol–water partition coefficient (Wildman–Crippen LogP) is 4.74. The first-order chi connectivity index (χ1) is 12.7. The van der Waals surface area contributed by atoms with Gasteiger partial charge in [0.25, 0.3) is 5.91 Å². The van der Waals surface area contributed by atoms with Gasteiger partial charge < -0.3 is 9.32 Å². The maximum atomic E-state index is 12.8. The number of hydrogen-bond donors (Lipinski definition) is 0. The van der Waals surface area contributed by atoms with Gasteiger partial charge in [0.1, 0.15) is 16.7 Å². The Morgan fingerprint density at radius 1 is 1.35 bits per heavy atom. The molecule has 0 saturated carbocycles. The van der Waals surface area contributed by atoms with Crippen LogP contribution in [0.2, 0.25) is 5.02 Å². The van der Waals surface area contributed by atoms with Gasteiger partial charge in [-0.15, -0.1) is 11.3 Å². The third-order valence-electron chi connectivity index (χ3n) is 4.53. The highest BCUT2D eigenvalue weighted by Gasteiger charge is 2.32. The SMILES string of the molecule is O=C(c1cncs1)N1CCCC[C@H]1c1ncc(Cc2cccc(Cl)c2)o1. The van der Waals surface area contributed by atoms with Gasteiger partial charge in [-0.25, -0.2) is 4.98 Å². The van der Waals surface area contributed by atoms with E-state index in [0.717, 1.165) is 30.6 Å². The summed E-state index contributed by atoms with van der Waals surface area (Å²) in [5.41, 5.74) is 2.75. The second kappa shape index (κ2) is 7.60.